The molecule has 0 aliphatic rings. The fraction of sp³-hybridized carbons (Fsp3) is 0.350. The second kappa shape index (κ2) is 11.1. The van der Waals surface area contributed by atoms with E-state index in [0.717, 1.165) is 5.56 Å². The average Bonchev–Trinajstić information content (AvgIpc) is 3.23. The zero-order valence-electron chi connectivity index (χ0n) is 15.6. The summed E-state index contributed by atoms with van der Waals surface area (Å²) in [6.45, 7) is 0.416. The summed E-state index contributed by atoms with van der Waals surface area (Å²) >= 11 is 1.45. The van der Waals surface area contributed by atoms with E-state index in [1.54, 1.807) is 17.5 Å². The van der Waals surface area contributed by atoms with Gasteiger partial charge in [0.15, 0.2) is 0 Å². The molecule has 8 heteroatoms. The van der Waals surface area contributed by atoms with E-state index in [1.807, 2.05) is 23.6 Å². The van der Waals surface area contributed by atoms with Crippen molar-refractivity contribution < 1.29 is 24.2 Å². The van der Waals surface area contributed by atoms with E-state index in [9.17, 15) is 19.5 Å². The summed E-state index contributed by atoms with van der Waals surface area (Å²) in [4.78, 5) is 35.3. The van der Waals surface area contributed by atoms with Gasteiger partial charge in [0.1, 0.15) is 5.75 Å². The van der Waals surface area contributed by atoms with Crippen LogP contribution < -0.4 is 15.4 Å². The monoisotopic (exact) mass is 404 g/mol. The second-order valence-electron chi connectivity index (χ2n) is 6.23. The van der Waals surface area contributed by atoms with Crippen LogP contribution >= 0.6 is 11.3 Å². The molecule has 7 nitrogen and oxygen atoms in total. The van der Waals surface area contributed by atoms with Gasteiger partial charge in [-0.15, -0.1) is 0 Å². The number of amides is 2. The zero-order chi connectivity index (χ0) is 20.4. The van der Waals surface area contributed by atoms with Crippen molar-refractivity contribution in [3.8, 4) is 5.75 Å². The smallest absolute Gasteiger partial charge is 0.308 e. The van der Waals surface area contributed by atoms with Crippen LogP contribution in [0.3, 0.4) is 0 Å². The van der Waals surface area contributed by atoms with Gasteiger partial charge in [-0.1, -0.05) is 18.2 Å². The Bertz CT molecular complexity index is 792. The Morgan fingerprint density at radius 3 is 2.64 bits per heavy atom. The first-order chi connectivity index (χ1) is 13.5. The van der Waals surface area contributed by atoms with Gasteiger partial charge in [-0.3, -0.25) is 14.4 Å². The van der Waals surface area contributed by atoms with Crippen molar-refractivity contribution in [3.05, 3.63) is 52.2 Å². The van der Waals surface area contributed by atoms with Gasteiger partial charge in [-0.2, -0.15) is 11.3 Å². The molecule has 1 aromatic heterocycles. The highest BCUT2D eigenvalue weighted by Crippen LogP contribution is 2.21. The number of thiophene rings is 1. The number of carbonyl (C=O) groups excluding carboxylic acids is 2. The predicted octanol–water partition coefficient (Wildman–Crippen LogP) is 2.33. The third-order valence-corrected chi connectivity index (χ3v) is 4.89. The molecule has 2 aromatic rings. The normalized spacial score (nSPS) is 11.5. The topological polar surface area (TPSA) is 105 Å². The predicted molar refractivity (Wildman–Crippen MR) is 107 cm³/mol. The van der Waals surface area contributed by atoms with E-state index in [4.69, 9.17) is 4.74 Å². The molecular weight excluding hydrogens is 380 g/mol. The maximum Gasteiger partial charge on any atom is 0.308 e. The third-order valence-electron chi connectivity index (χ3n) is 4.20. The lowest BCUT2D eigenvalue weighted by Gasteiger charge is -2.15. The Kier molecular flexibility index (Phi) is 8.48. The number of para-hydroxylation sites is 1. The molecule has 1 atom stereocenters. The van der Waals surface area contributed by atoms with E-state index < -0.39 is 11.9 Å². The van der Waals surface area contributed by atoms with Gasteiger partial charge in [-0.25, -0.2) is 0 Å². The van der Waals surface area contributed by atoms with Crippen LogP contribution in [0.1, 0.15) is 28.8 Å². The Morgan fingerprint density at radius 1 is 1.18 bits per heavy atom. The minimum absolute atomic E-state index is 0.0352. The number of nitrogens with one attached hydrogen (secondary N) is 2. The number of carboxylic acids is 1. The summed E-state index contributed by atoms with van der Waals surface area (Å²) in [5, 5.41) is 18.4. The summed E-state index contributed by atoms with van der Waals surface area (Å²) in [6.07, 6.45) is 0.952. The largest absolute Gasteiger partial charge is 0.496 e. The molecular formula is C20H24N2O5S. The first kappa shape index (κ1) is 21.4. The van der Waals surface area contributed by atoms with Crippen LogP contribution in [0.25, 0.3) is 0 Å². The van der Waals surface area contributed by atoms with Gasteiger partial charge in [0.2, 0.25) is 5.91 Å². The minimum atomic E-state index is -0.978. The van der Waals surface area contributed by atoms with Crippen molar-refractivity contribution in [2.24, 2.45) is 5.92 Å². The maximum absolute atomic E-state index is 12.0. The van der Waals surface area contributed by atoms with Crippen LogP contribution in [0, 0.1) is 5.92 Å². The van der Waals surface area contributed by atoms with Gasteiger partial charge in [-0.05, 0) is 35.9 Å². The average molecular weight is 404 g/mol. The van der Waals surface area contributed by atoms with Gasteiger partial charge in [0.25, 0.3) is 5.91 Å². The number of ether oxygens (including phenoxy) is 1. The van der Waals surface area contributed by atoms with E-state index in [0.29, 0.717) is 24.3 Å². The summed E-state index contributed by atoms with van der Waals surface area (Å²) in [7, 11) is 1.54. The molecule has 1 heterocycles. The highest BCUT2D eigenvalue weighted by Gasteiger charge is 2.20. The quantitative estimate of drug-likeness (QED) is 0.499. The number of hydrogen-bond donors (Lipinski definition) is 3. The van der Waals surface area contributed by atoms with Crippen molar-refractivity contribution in [3.63, 3.8) is 0 Å². The summed E-state index contributed by atoms with van der Waals surface area (Å²) in [5.74, 6) is -1.50. The Morgan fingerprint density at radius 2 is 1.96 bits per heavy atom. The highest BCUT2D eigenvalue weighted by molar-refractivity contribution is 7.08. The lowest BCUT2D eigenvalue weighted by Crippen LogP contribution is -2.34. The van der Waals surface area contributed by atoms with Crippen LogP contribution in [0.2, 0.25) is 0 Å². The van der Waals surface area contributed by atoms with Crippen molar-refractivity contribution >= 4 is 29.1 Å². The van der Waals surface area contributed by atoms with Crippen molar-refractivity contribution in [2.75, 3.05) is 20.2 Å². The van der Waals surface area contributed by atoms with Gasteiger partial charge in [0, 0.05) is 30.5 Å². The lowest BCUT2D eigenvalue weighted by molar-refractivity contribution is -0.141. The van der Waals surface area contributed by atoms with E-state index in [2.05, 4.69) is 10.6 Å². The van der Waals surface area contributed by atoms with E-state index in [-0.39, 0.29) is 31.2 Å². The molecule has 1 aromatic carbocycles. The number of hydrogen-bond acceptors (Lipinski definition) is 5. The van der Waals surface area contributed by atoms with Crippen LogP contribution in [-0.2, 0) is 16.0 Å². The Labute approximate surface area is 167 Å². The molecule has 0 aliphatic carbocycles. The molecule has 2 rings (SSSR count). The molecule has 0 radical (unpaired) electrons. The fourth-order valence-electron chi connectivity index (χ4n) is 2.66. The molecule has 150 valence electrons. The molecule has 0 bridgehead atoms. The summed E-state index contributed by atoms with van der Waals surface area (Å²) in [5.41, 5.74) is 1.39. The molecule has 0 spiro atoms. The van der Waals surface area contributed by atoms with Crippen molar-refractivity contribution in [1.82, 2.24) is 10.6 Å². The minimum Gasteiger partial charge on any atom is -0.496 e. The summed E-state index contributed by atoms with van der Waals surface area (Å²) < 4.78 is 5.25. The fourth-order valence-corrected chi connectivity index (χ4v) is 3.29. The van der Waals surface area contributed by atoms with E-state index >= 15 is 0 Å². The van der Waals surface area contributed by atoms with Gasteiger partial charge >= 0.3 is 5.97 Å². The summed E-state index contributed by atoms with van der Waals surface area (Å²) in [6, 6.07) is 8.96. The molecule has 3 N–H and O–H groups in total. The van der Waals surface area contributed by atoms with Crippen molar-refractivity contribution in [1.29, 1.82) is 0 Å². The number of benzene rings is 1. The first-order valence-electron chi connectivity index (χ1n) is 8.93. The van der Waals surface area contributed by atoms with Crippen LogP contribution in [-0.4, -0.2) is 43.1 Å². The highest BCUT2D eigenvalue weighted by atomic mass is 32.1. The molecule has 28 heavy (non-hydrogen) atoms. The van der Waals surface area contributed by atoms with Gasteiger partial charge in [0.05, 0.1) is 13.0 Å². The number of carbonyl (C=O) groups is 3. The Hall–Kier alpha value is -2.87. The van der Waals surface area contributed by atoms with Crippen LogP contribution in [0.5, 0.6) is 5.75 Å². The third kappa shape index (κ3) is 6.70. The molecule has 0 fully saturated rings. The van der Waals surface area contributed by atoms with Crippen LogP contribution in [0.4, 0.5) is 0 Å². The second-order valence-corrected chi connectivity index (χ2v) is 7.01. The van der Waals surface area contributed by atoms with Gasteiger partial charge < -0.3 is 20.5 Å². The standard InChI is InChI=1S/C20H24N2O5S/c1-27-17-6-3-2-5-14(17)11-16(20(25)26)12-22-18(23)7-4-9-21-19(24)15-8-10-28-13-15/h2-3,5-6,8,10,13,16H,4,7,9,11-12H2,1H3,(H,21,24)(H,22,23)(H,25,26). The maximum atomic E-state index is 12.0. The van der Waals surface area contributed by atoms with E-state index in [1.165, 1.54) is 18.4 Å². The Balaban J connectivity index is 1.73. The molecule has 1 unspecified atom stereocenters. The van der Waals surface area contributed by atoms with Crippen LogP contribution in [0.15, 0.2) is 41.1 Å². The first-order valence-corrected chi connectivity index (χ1v) is 9.87. The molecule has 0 aliphatic heterocycles. The molecule has 2 amide bonds. The van der Waals surface area contributed by atoms with Crippen molar-refractivity contribution in [2.45, 2.75) is 19.3 Å². The zero-order valence-corrected chi connectivity index (χ0v) is 16.5. The number of methoxy groups -OCH3 is 1. The lowest BCUT2D eigenvalue weighted by atomic mass is 9.98. The molecule has 0 saturated heterocycles. The SMILES string of the molecule is COc1ccccc1CC(CNC(=O)CCCNC(=O)c1ccsc1)C(=O)O. The number of aliphatic carboxylic acids is 1. The number of rotatable bonds is 11. The number of carboxylic acid groups (broad SMARTS) is 1. The molecule has 0 saturated carbocycles.